The van der Waals surface area contributed by atoms with Crippen molar-refractivity contribution in [3.8, 4) is 0 Å². The molecule has 0 spiro atoms. The van der Waals surface area contributed by atoms with Crippen molar-refractivity contribution in [1.82, 2.24) is 5.32 Å². The van der Waals surface area contributed by atoms with Gasteiger partial charge in [0.05, 0.1) is 0 Å². The summed E-state index contributed by atoms with van der Waals surface area (Å²) in [5.41, 5.74) is 0. The van der Waals surface area contributed by atoms with Gasteiger partial charge in [0.25, 0.3) is 0 Å². The summed E-state index contributed by atoms with van der Waals surface area (Å²) in [5.74, 6) is 0. The van der Waals surface area contributed by atoms with Gasteiger partial charge in [-0.2, -0.15) is 0 Å². The van der Waals surface area contributed by atoms with Crippen molar-refractivity contribution in [3.05, 3.63) is 0 Å². The lowest BCUT2D eigenvalue weighted by atomic mass is 10.1. The fourth-order valence-corrected chi connectivity index (χ4v) is 1.26. The van der Waals surface area contributed by atoms with E-state index in [4.69, 9.17) is 4.74 Å². The minimum atomic E-state index is 0.232. The van der Waals surface area contributed by atoms with Crippen molar-refractivity contribution >= 4 is 0 Å². The maximum atomic E-state index is 5.56. The lowest BCUT2D eigenvalue weighted by Crippen LogP contribution is -2.30. The molecule has 0 amide bonds. The zero-order valence-electron chi connectivity index (χ0n) is 7.38. The average molecular weight is 156 g/mol. The van der Waals surface area contributed by atoms with E-state index in [0.717, 1.165) is 19.6 Å². The molecule has 11 heavy (non-hydrogen) atoms. The number of nitrogens with zero attached hydrogens (tertiary/aromatic N) is 1. The van der Waals surface area contributed by atoms with Crippen molar-refractivity contribution in [3.63, 3.8) is 0 Å². The summed E-state index contributed by atoms with van der Waals surface area (Å²) in [7, 11) is 0. The van der Waals surface area contributed by atoms with E-state index in [9.17, 15) is 0 Å². The van der Waals surface area contributed by atoms with Crippen LogP contribution >= 0.6 is 0 Å². The summed E-state index contributed by atoms with van der Waals surface area (Å²) in [6, 6.07) is 0. The molecule has 2 heteroatoms. The van der Waals surface area contributed by atoms with E-state index in [1.54, 1.807) is 0 Å². The van der Waals surface area contributed by atoms with Crippen molar-refractivity contribution in [2.75, 3.05) is 13.2 Å². The van der Waals surface area contributed by atoms with Gasteiger partial charge in [-0.1, -0.05) is 13.3 Å². The van der Waals surface area contributed by atoms with Gasteiger partial charge in [-0.3, -0.25) is 0 Å². The lowest BCUT2D eigenvalue weighted by Gasteiger charge is -2.21. The van der Waals surface area contributed by atoms with Crippen LogP contribution < -0.4 is 5.32 Å². The smallest absolute Gasteiger partial charge is 0.123 e. The van der Waals surface area contributed by atoms with E-state index in [1.165, 1.54) is 25.7 Å². The molecule has 65 valence electrons. The molecule has 1 saturated heterocycles. The molecule has 1 radical (unpaired) electrons. The number of hydrogen-bond acceptors (Lipinski definition) is 1. The van der Waals surface area contributed by atoms with Crippen LogP contribution in [-0.2, 0) is 4.74 Å². The van der Waals surface area contributed by atoms with Crippen molar-refractivity contribution in [1.29, 1.82) is 0 Å². The molecule has 1 fully saturated rings. The lowest BCUT2D eigenvalue weighted by molar-refractivity contribution is 0.00824. The molecule has 0 aliphatic carbocycles. The third-order valence-electron chi connectivity index (χ3n) is 2.00. The predicted molar refractivity (Wildman–Crippen MR) is 45.5 cm³/mol. The first kappa shape index (κ1) is 9.01. The SMILES string of the molecule is CCCCOC1CCCC[N]1. The largest absolute Gasteiger partial charge is 0.362 e. The van der Waals surface area contributed by atoms with E-state index in [-0.39, 0.29) is 6.23 Å². The van der Waals surface area contributed by atoms with Crippen LogP contribution in [0.2, 0.25) is 0 Å². The number of hydrogen-bond donors (Lipinski definition) is 0. The molecule has 0 N–H and O–H groups in total. The van der Waals surface area contributed by atoms with Gasteiger partial charge in [0.2, 0.25) is 0 Å². The standard InChI is InChI=1S/C9H18NO/c1-2-3-8-11-9-6-4-5-7-10-9/h9H,2-8H2,1H3. The zero-order valence-corrected chi connectivity index (χ0v) is 7.38. The Labute approximate surface area is 69.3 Å². The maximum Gasteiger partial charge on any atom is 0.123 e. The van der Waals surface area contributed by atoms with Crippen LogP contribution in [-0.4, -0.2) is 19.4 Å². The molecule has 0 aromatic carbocycles. The summed E-state index contributed by atoms with van der Waals surface area (Å²) < 4.78 is 5.56. The highest BCUT2D eigenvalue weighted by Crippen LogP contribution is 2.09. The van der Waals surface area contributed by atoms with E-state index >= 15 is 0 Å². The molecule has 1 unspecified atom stereocenters. The van der Waals surface area contributed by atoms with Gasteiger partial charge in [-0.05, 0) is 25.7 Å². The van der Waals surface area contributed by atoms with Gasteiger partial charge >= 0.3 is 0 Å². The number of unbranched alkanes of at least 4 members (excludes halogenated alkanes) is 1. The monoisotopic (exact) mass is 156 g/mol. The molecular weight excluding hydrogens is 138 g/mol. The Hall–Kier alpha value is -0.0800. The normalized spacial score (nSPS) is 25.4. The van der Waals surface area contributed by atoms with Gasteiger partial charge < -0.3 is 4.74 Å². The first-order valence-corrected chi connectivity index (χ1v) is 4.71. The fraction of sp³-hybridized carbons (Fsp3) is 1.00. The maximum absolute atomic E-state index is 5.56. The number of piperidine rings is 1. The first-order valence-electron chi connectivity index (χ1n) is 4.71. The second kappa shape index (κ2) is 5.56. The molecule has 1 aliphatic heterocycles. The molecule has 0 bridgehead atoms. The molecule has 1 rings (SSSR count). The topological polar surface area (TPSA) is 23.3 Å². The second-order valence-corrected chi connectivity index (χ2v) is 3.08. The van der Waals surface area contributed by atoms with Crippen LogP contribution in [0.15, 0.2) is 0 Å². The Morgan fingerprint density at radius 1 is 1.45 bits per heavy atom. The van der Waals surface area contributed by atoms with Crippen LogP contribution in [0.4, 0.5) is 0 Å². The highest BCUT2D eigenvalue weighted by molar-refractivity contribution is 4.62. The average Bonchev–Trinajstić information content (AvgIpc) is 2.07. The zero-order chi connectivity index (χ0) is 7.94. The Kier molecular flexibility index (Phi) is 4.55. The van der Waals surface area contributed by atoms with E-state index in [0.29, 0.717) is 0 Å². The van der Waals surface area contributed by atoms with Gasteiger partial charge in [0.1, 0.15) is 6.23 Å². The Balaban J connectivity index is 1.96. The van der Waals surface area contributed by atoms with Gasteiger partial charge in [-0.15, -0.1) is 0 Å². The molecule has 2 nitrogen and oxygen atoms in total. The van der Waals surface area contributed by atoms with Crippen molar-refractivity contribution < 1.29 is 4.74 Å². The Bertz CT molecular complexity index is 89.6. The van der Waals surface area contributed by atoms with Crippen LogP contribution in [0.25, 0.3) is 0 Å². The molecule has 0 saturated carbocycles. The van der Waals surface area contributed by atoms with E-state index in [2.05, 4.69) is 12.2 Å². The quantitative estimate of drug-likeness (QED) is 0.570. The van der Waals surface area contributed by atoms with Gasteiger partial charge in [0, 0.05) is 13.2 Å². The van der Waals surface area contributed by atoms with Gasteiger partial charge in [0.15, 0.2) is 0 Å². The van der Waals surface area contributed by atoms with Crippen LogP contribution in [0.5, 0.6) is 0 Å². The van der Waals surface area contributed by atoms with Crippen molar-refractivity contribution in [2.24, 2.45) is 0 Å². The number of rotatable bonds is 4. The summed E-state index contributed by atoms with van der Waals surface area (Å²) >= 11 is 0. The molecule has 1 aliphatic rings. The molecule has 0 aromatic heterocycles. The van der Waals surface area contributed by atoms with E-state index in [1.807, 2.05) is 0 Å². The third kappa shape index (κ3) is 3.73. The minimum Gasteiger partial charge on any atom is -0.362 e. The highest BCUT2D eigenvalue weighted by atomic mass is 16.5. The van der Waals surface area contributed by atoms with Crippen LogP contribution in [0.1, 0.15) is 39.0 Å². The molecule has 0 aromatic rings. The van der Waals surface area contributed by atoms with E-state index < -0.39 is 0 Å². The highest BCUT2D eigenvalue weighted by Gasteiger charge is 2.12. The molecule has 1 atom stereocenters. The van der Waals surface area contributed by atoms with Crippen molar-refractivity contribution in [2.45, 2.75) is 45.3 Å². The molecular formula is C9H18NO. The summed E-state index contributed by atoms with van der Waals surface area (Å²) in [5, 5.41) is 4.38. The summed E-state index contributed by atoms with van der Waals surface area (Å²) in [4.78, 5) is 0. The van der Waals surface area contributed by atoms with Gasteiger partial charge in [-0.25, -0.2) is 5.32 Å². The first-order chi connectivity index (χ1) is 5.43. The number of ether oxygens (including phenoxy) is 1. The predicted octanol–water partition coefficient (Wildman–Crippen LogP) is 1.92. The van der Waals surface area contributed by atoms with Crippen LogP contribution in [0.3, 0.4) is 0 Å². The molecule has 1 heterocycles. The third-order valence-corrected chi connectivity index (χ3v) is 2.00. The Morgan fingerprint density at radius 3 is 3.00 bits per heavy atom. The Morgan fingerprint density at radius 2 is 2.36 bits per heavy atom. The second-order valence-electron chi connectivity index (χ2n) is 3.08. The van der Waals surface area contributed by atoms with Crippen LogP contribution in [0, 0.1) is 0 Å². The summed E-state index contributed by atoms with van der Waals surface area (Å²) in [6.45, 7) is 4.09. The fourth-order valence-electron chi connectivity index (χ4n) is 1.26. The summed E-state index contributed by atoms with van der Waals surface area (Å²) in [6.07, 6.45) is 6.31. The minimum absolute atomic E-state index is 0.232.